The van der Waals surface area contributed by atoms with Crippen molar-refractivity contribution in [2.75, 3.05) is 6.54 Å². The van der Waals surface area contributed by atoms with E-state index in [9.17, 15) is 39.9 Å². The number of carboxylic acids is 1. The van der Waals surface area contributed by atoms with E-state index in [4.69, 9.17) is 5.11 Å². The van der Waals surface area contributed by atoms with Gasteiger partial charge in [0.2, 0.25) is 5.91 Å². The number of allylic oxidation sites excluding steroid dienone is 5. The largest absolute Gasteiger partial charge is 0.481 e. The number of aliphatic hydroxyl groups excluding tert-OH is 5. The van der Waals surface area contributed by atoms with E-state index in [-0.39, 0.29) is 41.8 Å². The van der Waals surface area contributed by atoms with Gasteiger partial charge in [0.1, 0.15) is 0 Å². The minimum Gasteiger partial charge on any atom is -0.481 e. The van der Waals surface area contributed by atoms with Gasteiger partial charge in [-0.25, -0.2) is 0 Å². The van der Waals surface area contributed by atoms with Crippen LogP contribution in [0.4, 0.5) is 0 Å². The molecule has 2 aromatic rings. The Morgan fingerprint density at radius 2 is 1.21 bits per heavy atom. The number of aryl methyl sites for hydroxylation is 2. The van der Waals surface area contributed by atoms with Crippen molar-refractivity contribution in [2.24, 2.45) is 23.7 Å². The Hall–Kier alpha value is -4.19. The molecule has 1 amide bonds. The third kappa shape index (κ3) is 18.6. The number of unbranched alkanes of at least 4 members (excludes halogenated alkanes) is 2. The van der Waals surface area contributed by atoms with Gasteiger partial charge in [0.25, 0.3) is 0 Å². The van der Waals surface area contributed by atoms with Crippen LogP contribution in [0, 0.1) is 23.7 Å². The van der Waals surface area contributed by atoms with E-state index >= 15 is 0 Å². The summed E-state index contributed by atoms with van der Waals surface area (Å²) < 4.78 is 0. The first-order valence-electron chi connectivity index (χ1n) is 21.1. The van der Waals surface area contributed by atoms with Crippen molar-refractivity contribution < 1.29 is 45.0 Å². The fraction of sp³-hybridized carbons (Fsp3) is 0.521. The van der Waals surface area contributed by atoms with Gasteiger partial charge in [-0.15, -0.1) is 0 Å². The van der Waals surface area contributed by atoms with Crippen LogP contribution in [0.1, 0.15) is 95.1 Å². The summed E-state index contributed by atoms with van der Waals surface area (Å²) in [5.74, 6) is -1.29. The van der Waals surface area contributed by atoms with E-state index in [1.165, 1.54) is 5.56 Å². The third-order valence-electron chi connectivity index (χ3n) is 11.0. The molecule has 58 heavy (non-hydrogen) atoms. The second-order valence-corrected chi connectivity index (χ2v) is 15.6. The molecule has 0 aliphatic heterocycles. The maximum atomic E-state index is 12.2. The van der Waals surface area contributed by atoms with E-state index in [1.54, 1.807) is 18.2 Å². The van der Waals surface area contributed by atoms with Crippen LogP contribution >= 0.6 is 0 Å². The van der Waals surface area contributed by atoms with Crippen LogP contribution < -0.4 is 5.32 Å². The number of carboxylic acid groups (broad SMARTS) is 1. The van der Waals surface area contributed by atoms with Crippen molar-refractivity contribution in [3.63, 3.8) is 0 Å². The fourth-order valence-corrected chi connectivity index (χ4v) is 7.72. The molecule has 0 radical (unpaired) electrons. The van der Waals surface area contributed by atoms with E-state index in [2.05, 4.69) is 5.32 Å². The highest BCUT2D eigenvalue weighted by Crippen LogP contribution is 2.37. The van der Waals surface area contributed by atoms with Gasteiger partial charge in [0.15, 0.2) is 5.78 Å². The lowest BCUT2D eigenvalue weighted by molar-refractivity contribution is -0.137. The van der Waals surface area contributed by atoms with Gasteiger partial charge in [-0.1, -0.05) is 103 Å². The lowest BCUT2D eigenvalue weighted by Crippen LogP contribution is -2.21. The number of nitrogens with one attached hydrogen (secondary N) is 1. The van der Waals surface area contributed by atoms with Crippen molar-refractivity contribution >= 4 is 17.7 Å². The maximum absolute atomic E-state index is 12.2. The van der Waals surface area contributed by atoms with Gasteiger partial charge in [-0.3, -0.25) is 14.4 Å². The van der Waals surface area contributed by atoms with E-state index in [0.717, 1.165) is 24.8 Å². The Balaban J connectivity index is 0.000000311. The van der Waals surface area contributed by atoms with Crippen LogP contribution in [0.5, 0.6) is 0 Å². The monoisotopic (exact) mass is 801 g/mol. The number of amides is 1. The molecule has 10 heteroatoms. The van der Waals surface area contributed by atoms with Gasteiger partial charge < -0.3 is 36.0 Å². The van der Waals surface area contributed by atoms with Crippen LogP contribution in [-0.2, 0) is 27.2 Å². The number of carbonyl (C=O) groups excluding carboxylic acids is 2. The molecule has 2 saturated carbocycles. The van der Waals surface area contributed by atoms with Gasteiger partial charge in [-0.05, 0) is 93.7 Å². The number of hydrogen-bond acceptors (Lipinski definition) is 8. The van der Waals surface area contributed by atoms with E-state index < -0.39 is 36.5 Å². The lowest BCUT2D eigenvalue weighted by Gasteiger charge is -2.19. The molecule has 0 bridgehead atoms. The highest BCUT2D eigenvalue weighted by Gasteiger charge is 2.40. The van der Waals surface area contributed by atoms with Crippen molar-refractivity contribution in [1.29, 1.82) is 0 Å². The SMILES string of the molecule is CCNC(=O)CCC/C=C\C[C@@H]1[C@@H](/C=C/C(=O)CCc2ccccc2)[C@H](O)C[C@@H]1O.O=C(O)CCC/C=C\C[C@@H]1[C@@H](/C=C/[C@@H](O)CCc2ccccc2)[C@H](O)C[C@@H]1O. The summed E-state index contributed by atoms with van der Waals surface area (Å²) in [6.07, 6.45) is 19.9. The van der Waals surface area contributed by atoms with Crippen molar-refractivity contribution in [1.82, 2.24) is 5.32 Å². The summed E-state index contributed by atoms with van der Waals surface area (Å²) in [7, 11) is 0. The van der Waals surface area contributed by atoms with Crippen LogP contribution in [0.15, 0.2) is 109 Å². The van der Waals surface area contributed by atoms with Gasteiger partial charge in [0, 0.05) is 50.5 Å². The molecule has 2 aliphatic rings. The number of ketones is 1. The summed E-state index contributed by atoms with van der Waals surface area (Å²) in [5, 5.41) is 62.8. The highest BCUT2D eigenvalue weighted by atomic mass is 16.4. The zero-order chi connectivity index (χ0) is 42.1. The molecule has 0 heterocycles. The number of hydrogen-bond donors (Lipinski definition) is 7. The van der Waals surface area contributed by atoms with Crippen LogP contribution in [0.2, 0.25) is 0 Å². The summed E-state index contributed by atoms with van der Waals surface area (Å²) >= 11 is 0. The first kappa shape index (κ1) is 48.2. The lowest BCUT2D eigenvalue weighted by atomic mass is 9.89. The first-order chi connectivity index (χ1) is 28.0. The molecule has 2 fully saturated rings. The number of rotatable bonds is 23. The normalized spacial score (nSPS) is 25.1. The molecule has 0 spiro atoms. The summed E-state index contributed by atoms with van der Waals surface area (Å²) in [4.78, 5) is 34.2. The molecule has 2 aromatic carbocycles. The fourth-order valence-electron chi connectivity index (χ4n) is 7.72. The predicted octanol–water partition coefficient (Wildman–Crippen LogP) is 6.45. The van der Waals surface area contributed by atoms with Crippen LogP contribution in [-0.4, -0.2) is 85.4 Å². The standard InChI is InChI=1S/C25H35NO4.C23H32O5/c1-2-26-25(30)13-9-4-3-8-12-21-22(24(29)18-23(21)28)17-16-20(27)15-14-19-10-6-5-7-11-19;24-18(13-12-17-8-4-3-5-9-17)14-15-20-19(21(25)16-22(20)26)10-6-1-2-7-11-23(27)28/h3,5-8,10-11,16-17,21-24,28-29H,2,4,9,12-15,18H2,1H3,(H,26,30);1,3-6,8-9,14-15,18-22,24-26H,2,7,10-13,16H2,(H,27,28)/b8-3-,17-16+;6-1-,15-14+/t21-,22-,23+,24-;18-,19+,20+,21-,22+/m10/s1. The van der Waals surface area contributed by atoms with Gasteiger partial charge >= 0.3 is 5.97 Å². The van der Waals surface area contributed by atoms with Crippen molar-refractivity contribution in [3.05, 3.63) is 120 Å². The quantitative estimate of drug-likeness (QED) is 0.0377. The summed E-state index contributed by atoms with van der Waals surface area (Å²) in [6.45, 7) is 2.56. The molecule has 0 unspecified atom stereocenters. The molecule has 318 valence electrons. The number of aliphatic carboxylic acids is 1. The zero-order valence-corrected chi connectivity index (χ0v) is 34.1. The maximum Gasteiger partial charge on any atom is 0.303 e. The first-order valence-corrected chi connectivity index (χ1v) is 21.1. The van der Waals surface area contributed by atoms with Gasteiger partial charge in [0.05, 0.1) is 30.5 Å². The molecular formula is C48H67NO9. The van der Waals surface area contributed by atoms with Gasteiger partial charge in [-0.2, -0.15) is 0 Å². The second kappa shape index (κ2) is 27.5. The highest BCUT2D eigenvalue weighted by molar-refractivity contribution is 5.89. The molecule has 0 saturated heterocycles. The Kier molecular flexibility index (Phi) is 22.8. The van der Waals surface area contributed by atoms with Crippen LogP contribution in [0.3, 0.4) is 0 Å². The van der Waals surface area contributed by atoms with Crippen molar-refractivity contribution in [2.45, 2.75) is 127 Å². The van der Waals surface area contributed by atoms with Crippen LogP contribution in [0.25, 0.3) is 0 Å². The third-order valence-corrected chi connectivity index (χ3v) is 11.0. The molecule has 0 aromatic heterocycles. The molecule has 2 aliphatic carbocycles. The number of carbonyl (C=O) groups is 3. The Morgan fingerprint density at radius 1 is 0.690 bits per heavy atom. The number of aliphatic hydroxyl groups is 5. The Labute approximate surface area is 345 Å². The summed E-state index contributed by atoms with van der Waals surface area (Å²) in [6, 6.07) is 19.9. The second-order valence-electron chi connectivity index (χ2n) is 15.6. The average Bonchev–Trinajstić information content (AvgIpc) is 3.64. The van der Waals surface area contributed by atoms with E-state index in [0.29, 0.717) is 70.8 Å². The minimum absolute atomic E-state index is 0.0343. The molecule has 4 rings (SSSR count). The molecular weight excluding hydrogens is 735 g/mol. The Morgan fingerprint density at radius 3 is 1.74 bits per heavy atom. The average molecular weight is 802 g/mol. The molecule has 9 atom stereocenters. The zero-order valence-electron chi connectivity index (χ0n) is 34.1. The minimum atomic E-state index is -0.793. The van der Waals surface area contributed by atoms with E-state index in [1.807, 2.05) is 98.0 Å². The Bertz CT molecular complexity index is 1590. The smallest absolute Gasteiger partial charge is 0.303 e. The predicted molar refractivity (Wildman–Crippen MR) is 228 cm³/mol. The number of benzene rings is 2. The topological polar surface area (TPSA) is 185 Å². The van der Waals surface area contributed by atoms with Crippen molar-refractivity contribution in [3.8, 4) is 0 Å². The summed E-state index contributed by atoms with van der Waals surface area (Å²) in [5.41, 5.74) is 2.31. The molecule has 10 nitrogen and oxygen atoms in total. The molecule has 7 N–H and O–H groups in total.